The molecule has 1 aliphatic rings. The summed E-state index contributed by atoms with van der Waals surface area (Å²) in [6.07, 6.45) is 8.08. The molecular formula is C27H30ClN5O5. The van der Waals surface area contributed by atoms with Crippen LogP contribution in [0.4, 0.5) is 10.5 Å². The topological polar surface area (TPSA) is 105 Å². The molecule has 1 fully saturated rings. The number of benzene rings is 1. The van der Waals surface area contributed by atoms with Crippen LogP contribution < -0.4 is 4.90 Å². The molecular weight excluding hydrogens is 510 g/mol. The number of carbonyl (C=O) groups is 2. The fraction of sp³-hybridized carbons (Fsp3) is 0.407. The summed E-state index contributed by atoms with van der Waals surface area (Å²) in [5.74, 6) is -0.400. The van der Waals surface area contributed by atoms with Gasteiger partial charge < -0.3 is 13.9 Å². The number of aryl methyl sites for hydroxylation is 2. The minimum Gasteiger partial charge on any atom is -0.449 e. The number of aromatic nitrogens is 4. The van der Waals surface area contributed by atoms with Gasteiger partial charge in [0.2, 0.25) is 5.78 Å². The molecule has 0 saturated carbocycles. The number of amides is 1. The molecule has 2 unspecified atom stereocenters. The van der Waals surface area contributed by atoms with Crippen LogP contribution in [0.3, 0.4) is 0 Å². The van der Waals surface area contributed by atoms with Gasteiger partial charge in [0.05, 0.1) is 35.7 Å². The lowest BCUT2D eigenvalue weighted by Crippen LogP contribution is -2.46. The van der Waals surface area contributed by atoms with Crippen molar-refractivity contribution >= 4 is 40.1 Å². The van der Waals surface area contributed by atoms with Crippen LogP contribution in [0.25, 0.3) is 22.1 Å². The molecule has 5 rings (SSSR count). The Hall–Kier alpha value is -3.63. The van der Waals surface area contributed by atoms with E-state index in [0.717, 1.165) is 17.5 Å². The monoisotopic (exact) mass is 539 g/mol. The molecule has 3 aromatic heterocycles. The number of halogens is 1. The minimum absolute atomic E-state index is 0.00540. The van der Waals surface area contributed by atoms with Gasteiger partial charge in [0.1, 0.15) is 5.69 Å². The Kier molecular flexibility index (Phi) is 7.27. The van der Waals surface area contributed by atoms with Crippen LogP contribution in [0.1, 0.15) is 49.2 Å². The molecule has 1 saturated heterocycles. The Morgan fingerprint density at radius 3 is 2.55 bits per heavy atom. The first-order valence-electron chi connectivity index (χ1n) is 12.7. The molecule has 1 aromatic carbocycles. The van der Waals surface area contributed by atoms with Gasteiger partial charge in [-0.15, -0.1) is 0 Å². The third kappa shape index (κ3) is 4.81. The number of furan rings is 1. The highest BCUT2D eigenvalue weighted by Crippen LogP contribution is 2.43. The first kappa shape index (κ1) is 26.0. The van der Waals surface area contributed by atoms with Gasteiger partial charge in [-0.1, -0.05) is 18.5 Å². The Balaban J connectivity index is 1.76. The van der Waals surface area contributed by atoms with E-state index < -0.39 is 11.9 Å². The van der Waals surface area contributed by atoms with E-state index in [1.165, 1.54) is 10.9 Å². The molecule has 0 aliphatic carbocycles. The average Bonchev–Trinajstić information content (AvgIpc) is 3.63. The summed E-state index contributed by atoms with van der Waals surface area (Å²) in [7, 11) is 3.56. The highest BCUT2D eigenvalue weighted by Gasteiger charge is 2.38. The van der Waals surface area contributed by atoms with Gasteiger partial charge in [0.15, 0.2) is 11.3 Å². The molecule has 1 aliphatic heterocycles. The summed E-state index contributed by atoms with van der Waals surface area (Å²) >= 11 is 6.73. The van der Waals surface area contributed by atoms with Gasteiger partial charge in [0, 0.05) is 50.1 Å². The van der Waals surface area contributed by atoms with Crippen LogP contribution in [0, 0.1) is 0 Å². The van der Waals surface area contributed by atoms with E-state index in [1.54, 1.807) is 42.0 Å². The van der Waals surface area contributed by atoms with Crippen molar-refractivity contribution in [1.29, 1.82) is 0 Å². The zero-order chi connectivity index (χ0) is 27.0. The van der Waals surface area contributed by atoms with Crippen LogP contribution in [-0.4, -0.2) is 56.8 Å². The molecule has 0 N–H and O–H groups in total. The van der Waals surface area contributed by atoms with Crippen molar-refractivity contribution in [1.82, 2.24) is 19.6 Å². The molecule has 200 valence electrons. The van der Waals surface area contributed by atoms with Crippen LogP contribution in [0.15, 0.2) is 41.3 Å². The zero-order valence-corrected chi connectivity index (χ0v) is 22.6. The number of anilines is 1. The molecule has 11 heteroatoms. The van der Waals surface area contributed by atoms with E-state index in [9.17, 15) is 9.59 Å². The molecule has 0 bridgehead atoms. The molecule has 2 atom stereocenters. The summed E-state index contributed by atoms with van der Waals surface area (Å²) in [6.45, 7) is 4.47. The third-order valence-corrected chi connectivity index (χ3v) is 7.08. The molecule has 1 amide bonds. The predicted molar refractivity (Wildman–Crippen MR) is 143 cm³/mol. The lowest BCUT2D eigenvalue weighted by atomic mass is 9.98. The van der Waals surface area contributed by atoms with Gasteiger partial charge in [-0.3, -0.25) is 19.1 Å². The van der Waals surface area contributed by atoms with E-state index in [1.807, 2.05) is 26.2 Å². The largest absolute Gasteiger partial charge is 0.449 e. The fourth-order valence-electron chi connectivity index (χ4n) is 4.94. The normalized spacial score (nSPS) is 17.6. The van der Waals surface area contributed by atoms with Gasteiger partial charge in [-0.2, -0.15) is 10.2 Å². The number of hydrogen-bond donors (Lipinski definition) is 0. The second-order valence-corrected chi connectivity index (χ2v) is 9.80. The summed E-state index contributed by atoms with van der Waals surface area (Å²) in [6, 6.07) is 3.37. The van der Waals surface area contributed by atoms with Gasteiger partial charge in [0.25, 0.3) is 0 Å². The maximum atomic E-state index is 13.8. The quantitative estimate of drug-likeness (QED) is 0.291. The highest BCUT2D eigenvalue weighted by atomic mass is 35.5. The number of hydrogen-bond acceptors (Lipinski definition) is 7. The Labute approximate surface area is 225 Å². The number of ether oxygens (including phenoxy) is 2. The lowest BCUT2D eigenvalue weighted by Gasteiger charge is -2.36. The number of rotatable bonds is 7. The second kappa shape index (κ2) is 10.6. The zero-order valence-electron chi connectivity index (χ0n) is 21.8. The maximum Gasteiger partial charge on any atom is 0.414 e. The van der Waals surface area contributed by atoms with Crippen molar-refractivity contribution in [2.75, 3.05) is 18.1 Å². The molecule has 10 nitrogen and oxygen atoms in total. The minimum atomic E-state index is -0.555. The Morgan fingerprint density at radius 1 is 1.13 bits per heavy atom. The summed E-state index contributed by atoms with van der Waals surface area (Å²) < 4.78 is 20.8. The van der Waals surface area contributed by atoms with Crippen LogP contribution in [0.5, 0.6) is 0 Å². The number of ketones is 1. The van der Waals surface area contributed by atoms with Crippen LogP contribution in [-0.2, 0) is 23.6 Å². The van der Waals surface area contributed by atoms with Crippen molar-refractivity contribution in [2.24, 2.45) is 14.1 Å². The molecule has 38 heavy (non-hydrogen) atoms. The van der Waals surface area contributed by atoms with Crippen LogP contribution >= 0.6 is 11.6 Å². The first-order chi connectivity index (χ1) is 18.3. The van der Waals surface area contributed by atoms with Gasteiger partial charge in [-0.05, 0) is 43.9 Å². The standard InChI is InChI=1S/C27H30ClN5O5/c1-5-20-11-19(7-8-37-20)33(27(35)36-6-2)23-21-9-16(17-12-29-31(3)14-17)10-22(28)25(21)38-26(23)24(34)18-13-30-32(4)15-18/h9-10,12-15,19-20H,5-8,11H2,1-4H3. The highest BCUT2D eigenvalue weighted by molar-refractivity contribution is 6.36. The first-order valence-corrected chi connectivity index (χ1v) is 13.0. The van der Waals surface area contributed by atoms with E-state index in [-0.39, 0.29) is 24.5 Å². The third-order valence-electron chi connectivity index (χ3n) is 6.79. The Bertz CT molecular complexity index is 1490. The molecule has 4 heterocycles. The number of nitrogens with zero attached hydrogens (tertiary/aromatic N) is 5. The summed E-state index contributed by atoms with van der Waals surface area (Å²) in [5.41, 5.74) is 2.60. The maximum absolute atomic E-state index is 13.8. The predicted octanol–water partition coefficient (Wildman–Crippen LogP) is 5.37. The van der Waals surface area contributed by atoms with Crippen LogP contribution in [0.2, 0.25) is 5.02 Å². The Morgan fingerprint density at radius 2 is 1.89 bits per heavy atom. The van der Waals surface area contributed by atoms with Crippen molar-refractivity contribution in [2.45, 2.75) is 45.3 Å². The molecule has 0 spiro atoms. The smallest absolute Gasteiger partial charge is 0.414 e. The van der Waals surface area contributed by atoms with Crippen molar-refractivity contribution in [3.8, 4) is 11.1 Å². The van der Waals surface area contributed by atoms with E-state index in [2.05, 4.69) is 10.2 Å². The van der Waals surface area contributed by atoms with E-state index in [0.29, 0.717) is 46.7 Å². The summed E-state index contributed by atoms with van der Waals surface area (Å²) in [5, 5.41) is 9.26. The van der Waals surface area contributed by atoms with E-state index >= 15 is 0 Å². The number of fused-ring (bicyclic) bond motifs is 1. The fourth-order valence-corrected chi connectivity index (χ4v) is 5.20. The van der Waals surface area contributed by atoms with Crippen molar-refractivity contribution in [3.05, 3.63) is 53.3 Å². The number of carbonyl (C=O) groups excluding carboxylic acids is 2. The van der Waals surface area contributed by atoms with Crippen molar-refractivity contribution in [3.63, 3.8) is 0 Å². The SMILES string of the molecule is CCOC(=O)N(c1c(C(=O)c2cnn(C)c2)oc2c(Cl)cc(-c3cnn(C)c3)cc12)C1CCOC(CC)C1. The summed E-state index contributed by atoms with van der Waals surface area (Å²) in [4.78, 5) is 28.9. The van der Waals surface area contributed by atoms with Gasteiger partial charge >= 0.3 is 6.09 Å². The lowest BCUT2D eigenvalue weighted by molar-refractivity contribution is 0.00468. The van der Waals surface area contributed by atoms with Crippen molar-refractivity contribution < 1.29 is 23.5 Å². The average molecular weight is 540 g/mol. The van der Waals surface area contributed by atoms with Gasteiger partial charge in [-0.25, -0.2) is 4.79 Å². The van der Waals surface area contributed by atoms with E-state index in [4.69, 9.17) is 25.5 Å². The second-order valence-electron chi connectivity index (χ2n) is 9.40. The molecule has 0 radical (unpaired) electrons. The molecule has 4 aromatic rings.